The Bertz CT molecular complexity index is 1330. The third-order valence-corrected chi connectivity index (χ3v) is 6.24. The van der Waals surface area contributed by atoms with E-state index in [1.54, 1.807) is 18.2 Å². The van der Waals surface area contributed by atoms with Gasteiger partial charge in [-0.1, -0.05) is 70.7 Å². The van der Waals surface area contributed by atoms with Gasteiger partial charge in [0, 0.05) is 10.9 Å². The number of carbonyl (C=O) groups excluding carboxylic acids is 1. The van der Waals surface area contributed by atoms with Gasteiger partial charge in [-0.05, 0) is 57.0 Å². The number of nitrogens with zero attached hydrogens (tertiary/aromatic N) is 1. The molecule has 1 N–H and O–H groups in total. The van der Waals surface area contributed by atoms with E-state index in [1.165, 1.54) is 5.56 Å². The van der Waals surface area contributed by atoms with Gasteiger partial charge in [-0.25, -0.2) is 4.98 Å². The van der Waals surface area contributed by atoms with Crippen LogP contribution in [0.5, 0.6) is 0 Å². The molecule has 0 aliphatic heterocycles. The lowest BCUT2D eigenvalue weighted by Gasteiger charge is -2.17. The third-order valence-electron chi connectivity index (χ3n) is 5.42. The number of nitrogens with one attached hydrogen (secondary N) is 1. The zero-order chi connectivity index (χ0) is 22.3. The topological polar surface area (TPSA) is 42.0 Å². The van der Waals surface area contributed by atoms with E-state index in [9.17, 15) is 4.79 Å². The zero-order valence-electron chi connectivity index (χ0n) is 17.8. The van der Waals surface area contributed by atoms with E-state index < -0.39 is 0 Å². The first kappa shape index (κ1) is 21.4. The zero-order valence-corrected chi connectivity index (χ0v) is 19.3. The van der Waals surface area contributed by atoms with E-state index in [0.717, 1.165) is 38.9 Å². The summed E-state index contributed by atoms with van der Waals surface area (Å²) >= 11 is 12.5. The highest BCUT2D eigenvalue weighted by Gasteiger charge is 2.21. The largest absolute Gasteiger partial charge is 0.321 e. The second kappa shape index (κ2) is 8.33. The van der Waals surface area contributed by atoms with Crippen LogP contribution in [0.2, 0.25) is 10.0 Å². The predicted octanol–water partition coefficient (Wildman–Crippen LogP) is 7.69. The number of rotatable bonds is 3. The van der Waals surface area contributed by atoms with E-state index >= 15 is 0 Å². The lowest BCUT2D eigenvalue weighted by atomic mass is 9.94. The van der Waals surface area contributed by atoms with Gasteiger partial charge in [0.05, 0.1) is 32.5 Å². The summed E-state index contributed by atoms with van der Waals surface area (Å²) in [6, 6.07) is 17.5. The third kappa shape index (κ3) is 4.04. The van der Waals surface area contributed by atoms with Crippen molar-refractivity contribution >= 4 is 45.7 Å². The van der Waals surface area contributed by atoms with Crippen molar-refractivity contribution in [1.29, 1.82) is 0 Å². The van der Waals surface area contributed by atoms with Gasteiger partial charge in [0.25, 0.3) is 5.91 Å². The second-order valence-electron chi connectivity index (χ2n) is 7.86. The van der Waals surface area contributed by atoms with Crippen molar-refractivity contribution in [3.63, 3.8) is 0 Å². The van der Waals surface area contributed by atoms with Crippen LogP contribution in [-0.4, -0.2) is 10.9 Å². The molecule has 3 nitrogen and oxygen atoms in total. The molecule has 156 valence electrons. The van der Waals surface area contributed by atoms with Crippen molar-refractivity contribution < 1.29 is 4.79 Å². The number of carbonyl (C=O) groups is 1. The number of aryl methyl sites for hydroxylation is 3. The van der Waals surface area contributed by atoms with Crippen LogP contribution in [0.15, 0.2) is 54.6 Å². The molecule has 4 rings (SSSR count). The van der Waals surface area contributed by atoms with Crippen LogP contribution in [-0.2, 0) is 0 Å². The van der Waals surface area contributed by atoms with Crippen LogP contribution in [0.1, 0.15) is 32.6 Å². The smallest absolute Gasteiger partial charge is 0.256 e. The fourth-order valence-electron chi connectivity index (χ4n) is 3.89. The summed E-state index contributed by atoms with van der Waals surface area (Å²) in [4.78, 5) is 18.5. The predicted molar refractivity (Wildman–Crippen MR) is 131 cm³/mol. The Morgan fingerprint density at radius 3 is 2.32 bits per heavy atom. The monoisotopic (exact) mass is 448 g/mol. The average molecular weight is 449 g/mol. The first-order chi connectivity index (χ1) is 14.8. The van der Waals surface area contributed by atoms with Crippen LogP contribution in [0, 0.1) is 27.7 Å². The lowest BCUT2D eigenvalue weighted by Crippen LogP contribution is -2.16. The first-order valence-electron chi connectivity index (χ1n) is 10.00. The van der Waals surface area contributed by atoms with Crippen molar-refractivity contribution in [2.75, 3.05) is 5.32 Å². The van der Waals surface area contributed by atoms with E-state index in [4.69, 9.17) is 28.2 Å². The summed E-state index contributed by atoms with van der Waals surface area (Å²) in [6.07, 6.45) is 0. The number of amides is 1. The molecule has 1 heterocycles. The van der Waals surface area contributed by atoms with Gasteiger partial charge >= 0.3 is 0 Å². The molecule has 0 radical (unpaired) electrons. The molecule has 0 bridgehead atoms. The van der Waals surface area contributed by atoms with E-state index in [2.05, 4.69) is 11.4 Å². The van der Waals surface area contributed by atoms with Crippen LogP contribution in [0.25, 0.3) is 22.2 Å². The number of fused-ring (bicyclic) bond motifs is 1. The van der Waals surface area contributed by atoms with Gasteiger partial charge in [0.15, 0.2) is 0 Å². The number of anilines is 1. The Labute approximate surface area is 192 Å². The number of hydrogen-bond donors (Lipinski definition) is 1. The lowest BCUT2D eigenvalue weighted by molar-refractivity contribution is 0.102. The summed E-state index contributed by atoms with van der Waals surface area (Å²) in [6.45, 7) is 8.02. The van der Waals surface area contributed by atoms with Crippen molar-refractivity contribution in [2.45, 2.75) is 27.7 Å². The molecular weight excluding hydrogens is 427 g/mol. The van der Waals surface area contributed by atoms with Gasteiger partial charge in [-0.3, -0.25) is 4.79 Å². The normalized spacial score (nSPS) is 11.0. The van der Waals surface area contributed by atoms with Gasteiger partial charge in [0.1, 0.15) is 0 Å². The van der Waals surface area contributed by atoms with E-state index in [-0.39, 0.29) is 5.91 Å². The molecule has 0 fully saturated rings. The summed E-state index contributed by atoms with van der Waals surface area (Å²) in [5.41, 5.74) is 7.73. The van der Waals surface area contributed by atoms with Crippen molar-refractivity contribution in [2.24, 2.45) is 0 Å². The summed E-state index contributed by atoms with van der Waals surface area (Å²) in [7, 11) is 0. The molecule has 0 saturated heterocycles. The molecule has 0 unspecified atom stereocenters. The Morgan fingerprint density at radius 1 is 0.903 bits per heavy atom. The Hall–Kier alpha value is -2.88. The van der Waals surface area contributed by atoms with Gasteiger partial charge < -0.3 is 5.32 Å². The molecule has 0 saturated carbocycles. The minimum absolute atomic E-state index is 0.243. The Morgan fingerprint density at radius 2 is 1.61 bits per heavy atom. The highest BCUT2D eigenvalue weighted by atomic mass is 35.5. The first-order valence-corrected chi connectivity index (χ1v) is 10.8. The van der Waals surface area contributed by atoms with Crippen LogP contribution >= 0.6 is 23.2 Å². The summed E-state index contributed by atoms with van der Waals surface area (Å²) in [5, 5.41) is 4.48. The van der Waals surface area contributed by atoms with E-state index in [1.807, 2.05) is 58.0 Å². The number of halogens is 2. The minimum atomic E-state index is -0.243. The molecule has 0 aliphatic rings. The maximum absolute atomic E-state index is 13.5. The maximum atomic E-state index is 13.5. The van der Waals surface area contributed by atoms with Crippen molar-refractivity contribution in [3.05, 3.63) is 92.5 Å². The fraction of sp³-hybridized carbons (Fsp3) is 0.154. The standard InChI is InChI=1S/C26H22Cl2N2O/c1-14-8-10-18(11-9-14)25-17(4)22(19-13-15(2)12-16(3)24(19)30-25)26(31)29-21-7-5-6-20(27)23(21)28/h5-13H,1-4H3,(H,29,31). The number of aromatic nitrogens is 1. The number of pyridine rings is 1. The number of benzene rings is 3. The molecule has 1 amide bonds. The molecule has 1 aromatic heterocycles. The molecule has 31 heavy (non-hydrogen) atoms. The molecular formula is C26H22Cl2N2O. The molecule has 3 aromatic carbocycles. The van der Waals surface area contributed by atoms with Gasteiger partial charge in [-0.2, -0.15) is 0 Å². The average Bonchev–Trinajstić information content (AvgIpc) is 2.71. The van der Waals surface area contributed by atoms with Gasteiger partial charge in [-0.15, -0.1) is 0 Å². The minimum Gasteiger partial charge on any atom is -0.321 e. The Kier molecular flexibility index (Phi) is 5.74. The van der Waals surface area contributed by atoms with Crippen molar-refractivity contribution in [1.82, 2.24) is 4.98 Å². The highest BCUT2D eigenvalue weighted by molar-refractivity contribution is 6.44. The van der Waals surface area contributed by atoms with Gasteiger partial charge in [0.2, 0.25) is 0 Å². The van der Waals surface area contributed by atoms with E-state index in [0.29, 0.717) is 21.3 Å². The number of hydrogen-bond acceptors (Lipinski definition) is 2. The molecule has 0 atom stereocenters. The molecule has 5 heteroatoms. The fourth-order valence-corrected chi connectivity index (χ4v) is 4.23. The molecule has 0 aliphatic carbocycles. The highest BCUT2D eigenvalue weighted by Crippen LogP contribution is 2.34. The van der Waals surface area contributed by atoms with Crippen LogP contribution < -0.4 is 5.32 Å². The summed E-state index contributed by atoms with van der Waals surface area (Å²) in [5.74, 6) is -0.243. The molecule has 4 aromatic rings. The summed E-state index contributed by atoms with van der Waals surface area (Å²) < 4.78 is 0. The van der Waals surface area contributed by atoms with Crippen LogP contribution in [0.4, 0.5) is 5.69 Å². The van der Waals surface area contributed by atoms with Crippen molar-refractivity contribution in [3.8, 4) is 11.3 Å². The van der Waals surface area contributed by atoms with Crippen LogP contribution in [0.3, 0.4) is 0 Å². The molecule has 0 spiro atoms. The second-order valence-corrected chi connectivity index (χ2v) is 8.65. The SMILES string of the molecule is Cc1ccc(-c2nc3c(C)cc(C)cc3c(C(=O)Nc3cccc(Cl)c3Cl)c2C)cc1. The maximum Gasteiger partial charge on any atom is 0.256 e. The quantitative estimate of drug-likeness (QED) is 0.348. The Balaban J connectivity index is 1.95.